The van der Waals surface area contributed by atoms with Gasteiger partial charge in [0.2, 0.25) is 0 Å². The number of thiazole rings is 1. The van der Waals surface area contributed by atoms with E-state index in [0.717, 1.165) is 4.70 Å². The summed E-state index contributed by atoms with van der Waals surface area (Å²) in [5, 5.41) is 38.1. The van der Waals surface area contributed by atoms with E-state index in [9.17, 15) is 34.9 Å². The number of aromatic nitrogens is 1. The van der Waals surface area contributed by atoms with Crippen LogP contribution in [0.25, 0.3) is 20.8 Å². The zero-order chi connectivity index (χ0) is 28.4. The first-order valence-electron chi connectivity index (χ1n) is 11.5. The molecule has 0 saturated carbocycles. The van der Waals surface area contributed by atoms with Crippen molar-refractivity contribution in [3.8, 4) is 16.3 Å². The van der Waals surface area contributed by atoms with E-state index in [1.807, 2.05) is 0 Å². The lowest BCUT2D eigenvalue weighted by molar-refractivity contribution is -0.385. The first-order valence-corrected chi connectivity index (χ1v) is 12.4. The van der Waals surface area contributed by atoms with E-state index in [2.05, 4.69) is 15.6 Å². The summed E-state index contributed by atoms with van der Waals surface area (Å²) in [7, 11) is 0. The number of rotatable bonds is 7. The molecular weight excluding hydrogens is 538 g/mol. The highest BCUT2D eigenvalue weighted by molar-refractivity contribution is 7.21. The fourth-order valence-electron chi connectivity index (χ4n) is 3.78. The number of carbonyl (C=O) groups is 2. The number of phenols is 1. The molecule has 1 aromatic heterocycles. The lowest BCUT2D eigenvalue weighted by atomic mass is 10.1. The van der Waals surface area contributed by atoms with Crippen LogP contribution in [0.1, 0.15) is 20.7 Å². The van der Waals surface area contributed by atoms with Crippen LogP contribution >= 0.6 is 11.3 Å². The molecule has 0 aliphatic rings. The van der Waals surface area contributed by atoms with Crippen molar-refractivity contribution in [2.45, 2.75) is 0 Å². The number of non-ortho nitro benzene ring substituents is 2. The zero-order valence-electron chi connectivity index (χ0n) is 20.2. The maximum atomic E-state index is 12.6. The third kappa shape index (κ3) is 5.44. The zero-order valence-corrected chi connectivity index (χ0v) is 21.0. The lowest BCUT2D eigenvalue weighted by Gasteiger charge is -2.08. The number of phenolic OH excluding ortho intramolecular Hbond substituents is 1. The lowest BCUT2D eigenvalue weighted by Crippen LogP contribution is -2.11. The Labute approximate surface area is 228 Å². The van der Waals surface area contributed by atoms with Crippen molar-refractivity contribution in [3.05, 3.63) is 116 Å². The van der Waals surface area contributed by atoms with Gasteiger partial charge in [-0.15, -0.1) is 11.3 Å². The Morgan fingerprint density at radius 3 is 1.75 bits per heavy atom. The fraction of sp³-hybridized carbons (Fsp3) is 0. The van der Waals surface area contributed by atoms with E-state index in [-0.39, 0.29) is 28.3 Å². The van der Waals surface area contributed by atoms with Gasteiger partial charge in [0.05, 0.1) is 25.6 Å². The molecule has 0 spiro atoms. The highest BCUT2D eigenvalue weighted by atomic mass is 32.1. The van der Waals surface area contributed by atoms with Crippen LogP contribution in [0.3, 0.4) is 0 Å². The average Bonchev–Trinajstić information content (AvgIpc) is 3.37. The maximum Gasteiger partial charge on any atom is 0.269 e. The molecule has 1 heterocycles. The molecule has 2 amide bonds. The number of hydrogen-bond acceptors (Lipinski definition) is 9. The Bertz CT molecular complexity index is 1800. The summed E-state index contributed by atoms with van der Waals surface area (Å²) in [5.41, 5.74) is 2.09. The molecule has 0 saturated heterocycles. The Balaban J connectivity index is 1.34. The van der Waals surface area contributed by atoms with Crippen LogP contribution in [0.4, 0.5) is 22.7 Å². The van der Waals surface area contributed by atoms with Gasteiger partial charge in [-0.25, -0.2) is 4.98 Å². The van der Waals surface area contributed by atoms with Crippen LogP contribution < -0.4 is 10.6 Å². The number of nitro groups is 2. The van der Waals surface area contributed by atoms with Crippen LogP contribution in [0, 0.1) is 20.2 Å². The van der Waals surface area contributed by atoms with Crippen molar-refractivity contribution in [2.75, 3.05) is 10.6 Å². The van der Waals surface area contributed by atoms with E-state index in [1.54, 1.807) is 24.3 Å². The van der Waals surface area contributed by atoms with Gasteiger partial charge < -0.3 is 15.7 Å². The van der Waals surface area contributed by atoms with E-state index < -0.39 is 21.7 Å². The topological polar surface area (TPSA) is 178 Å². The van der Waals surface area contributed by atoms with E-state index in [4.69, 9.17) is 0 Å². The number of carbonyl (C=O) groups excluding carboxylic acids is 2. The second-order valence-electron chi connectivity index (χ2n) is 8.45. The SMILES string of the molecule is O=C(Nc1ccc(O)c(-c2nc3ccc(NC(=O)c4ccc([N+](=O)[O-])cc4)cc3s2)c1)c1ccc([N+](=O)[O-])cc1. The summed E-state index contributed by atoms with van der Waals surface area (Å²) in [6, 6.07) is 20.0. The number of nitrogens with zero attached hydrogens (tertiary/aromatic N) is 3. The van der Waals surface area contributed by atoms with Crippen LogP contribution in [0.2, 0.25) is 0 Å². The predicted octanol–water partition coefficient (Wildman–Crippen LogP) is 5.99. The first kappa shape index (κ1) is 25.9. The number of amides is 2. The molecule has 198 valence electrons. The smallest absolute Gasteiger partial charge is 0.269 e. The Hall–Kier alpha value is -5.69. The predicted molar refractivity (Wildman–Crippen MR) is 149 cm³/mol. The molecule has 13 heteroatoms. The molecule has 0 unspecified atom stereocenters. The molecule has 4 aromatic carbocycles. The molecule has 40 heavy (non-hydrogen) atoms. The second kappa shape index (κ2) is 10.6. The Morgan fingerprint density at radius 2 is 1.23 bits per heavy atom. The minimum absolute atomic E-state index is 0.0564. The summed E-state index contributed by atoms with van der Waals surface area (Å²) in [4.78, 5) is 50.3. The van der Waals surface area contributed by atoms with Gasteiger partial charge >= 0.3 is 0 Å². The molecule has 3 N–H and O–H groups in total. The summed E-state index contributed by atoms with van der Waals surface area (Å²) >= 11 is 1.26. The fourth-order valence-corrected chi connectivity index (χ4v) is 4.81. The standard InChI is InChI=1S/C27H17N5O7S/c33-23-12-6-17(28-25(34)15-1-7-19(8-2-15)31(36)37)13-21(23)27-30-22-11-5-18(14-24(22)40-27)29-26(35)16-3-9-20(10-4-16)32(38)39/h1-14,33H,(H,28,34)(H,29,35). The van der Waals surface area contributed by atoms with Gasteiger partial charge in [-0.05, 0) is 60.7 Å². The van der Waals surface area contributed by atoms with Gasteiger partial charge in [0.15, 0.2) is 0 Å². The monoisotopic (exact) mass is 555 g/mol. The number of hydrogen-bond donors (Lipinski definition) is 3. The highest BCUT2D eigenvalue weighted by Gasteiger charge is 2.15. The van der Waals surface area contributed by atoms with Crippen LogP contribution in [0.15, 0.2) is 84.9 Å². The Kier molecular flexibility index (Phi) is 6.87. The number of benzene rings is 4. The number of anilines is 2. The van der Waals surface area contributed by atoms with Crippen molar-refractivity contribution in [2.24, 2.45) is 0 Å². The van der Waals surface area contributed by atoms with E-state index in [1.165, 1.54) is 72.0 Å². The largest absolute Gasteiger partial charge is 0.507 e. The quantitative estimate of drug-likeness (QED) is 0.124. The van der Waals surface area contributed by atoms with Gasteiger partial charge in [-0.1, -0.05) is 0 Å². The summed E-state index contributed by atoms with van der Waals surface area (Å²) in [5.74, 6) is -0.976. The molecule has 0 fully saturated rings. The van der Waals surface area contributed by atoms with Crippen molar-refractivity contribution < 1.29 is 24.5 Å². The number of nitro benzene ring substituents is 2. The van der Waals surface area contributed by atoms with Gasteiger partial charge in [0.1, 0.15) is 10.8 Å². The average molecular weight is 556 g/mol. The molecule has 0 bridgehead atoms. The van der Waals surface area contributed by atoms with Crippen molar-refractivity contribution >= 4 is 56.1 Å². The van der Waals surface area contributed by atoms with E-state index in [0.29, 0.717) is 27.5 Å². The number of aromatic hydroxyl groups is 1. The molecule has 5 rings (SSSR count). The van der Waals surface area contributed by atoms with Gasteiger partial charge in [0.25, 0.3) is 23.2 Å². The van der Waals surface area contributed by atoms with Gasteiger partial charge in [-0.2, -0.15) is 0 Å². The highest BCUT2D eigenvalue weighted by Crippen LogP contribution is 2.37. The minimum Gasteiger partial charge on any atom is -0.507 e. The molecule has 0 radical (unpaired) electrons. The van der Waals surface area contributed by atoms with Crippen molar-refractivity contribution in [1.82, 2.24) is 4.98 Å². The van der Waals surface area contributed by atoms with Crippen LogP contribution in [-0.4, -0.2) is 31.8 Å². The third-order valence-electron chi connectivity index (χ3n) is 5.81. The number of nitrogens with one attached hydrogen (secondary N) is 2. The van der Waals surface area contributed by atoms with Crippen molar-refractivity contribution in [1.29, 1.82) is 0 Å². The maximum absolute atomic E-state index is 12.6. The van der Waals surface area contributed by atoms with Crippen LogP contribution in [-0.2, 0) is 0 Å². The minimum atomic E-state index is -0.554. The molecule has 0 atom stereocenters. The van der Waals surface area contributed by atoms with Crippen LogP contribution in [0.5, 0.6) is 5.75 Å². The summed E-state index contributed by atoms with van der Waals surface area (Å²) < 4.78 is 0.719. The molecule has 0 aliphatic heterocycles. The summed E-state index contributed by atoms with van der Waals surface area (Å²) in [6.07, 6.45) is 0. The van der Waals surface area contributed by atoms with Gasteiger partial charge in [0, 0.05) is 46.8 Å². The number of fused-ring (bicyclic) bond motifs is 1. The normalized spacial score (nSPS) is 10.7. The summed E-state index contributed by atoms with van der Waals surface area (Å²) in [6.45, 7) is 0. The molecule has 12 nitrogen and oxygen atoms in total. The first-order chi connectivity index (χ1) is 19.2. The Morgan fingerprint density at radius 1 is 0.725 bits per heavy atom. The molecule has 5 aromatic rings. The second-order valence-corrected chi connectivity index (χ2v) is 9.48. The molecule has 0 aliphatic carbocycles. The van der Waals surface area contributed by atoms with E-state index >= 15 is 0 Å². The molecular formula is C27H17N5O7S. The van der Waals surface area contributed by atoms with Gasteiger partial charge in [-0.3, -0.25) is 29.8 Å². The third-order valence-corrected chi connectivity index (χ3v) is 6.86. The van der Waals surface area contributed by atoms with Crippen molar-refractivity contribution in [3.63, 3.8) is 0 Å².